The molecular formula is C14H17N7O. The highest BCUT2D eigenvalue weighted by Gasteiger charge is 2.20. The third kappa shape index (κ3) is 2.30. The zero-order valence-corrected chi connectivity index (χ0v) is 12.6. The lowest BCUT2D eigenvalue weighted by Gasteiger charge is -2.16. The molecule has 0 saturated heterocycles. The number of nitrogens with one attached hydrogen (secondary N) is 2. The summed E-state index contributed by atoms with van der Waals surface area (Å²) in [6, 6.07) is 2.08. The second-order valence-electron chi connectivity index (χ2n) is 5.29. The van der Waals surface area contributed by atoms with Crippen LogP contribution in [0, 0.1) is 18.3 Å². The second kappa shape index (κ2) is 5.52. The van der Waals surface area contributed by atoms with Crippen LogP contribution in [-0.4, -0.2) is 25.2 Å². The Morgan fingerprint density at radius 2 is 2.27 bits per heavy atom. The van der Waals surface area contributed by atoms with E-state index in [-0.39, 0.29) is 5.91 Å². The number of carbonyl (C=O) groups is 1. The predicted octanol–water partition coefficient (Wildman–Crippen LogP) is 0.890. The van der Waals surface area contributed by atoms with E-state index < -0.39 is 0 Å². The van der Waals surface area contributed by atoms with Crippen LogP contribution in [0.4, 0.5) is 5.82 Å². The summed E-state index contributed by atoms with van der Waals surface area (Å²) >= 11 is 0. The molecule has 8 nitrogen and oxygen atoms in total. The van der Waals surface area contributed by atoms with E-state index in [2.05, 4.69) is 27.0 Å². The maximum absolute atomic E-state index is 12.3. The Bertz CT molecular complexity index is 765. The van der Waals surface area contributed by atoms with Gasteiger partial charge in [-0.2, -0.15) is 10.4 Å². The fourth-order valence-electron chi connectivity index (χ4n) is 2.71. The summed E-state index contributed by atoms with van der Waals surface area (Å²) in [5.74, 6) is 1.14. The first-order valence-electron chi connectivity index (χ1n) is 7.16. The van der Waals surface area contributed by atoms with Gasteiger partial charge in [-0.25, -0.2) is 4.98 Å². The molecule has 0 atom stereocenters. The lowest BCUT2D eigenvalue weighted by molar-refractivity contribution is 0.0952. The van der Waals surface area contributed by atoms with Crippen molar-refractivity contribution < 1.29 is 4.79 Å². The van der Waals surface area contributed by atoms with E-state index in [9.17, 15) is 4.79 Å². The number of aryl methyl sites for hydroxylation is 3. The smallest absolute Gasteiger partial charge is 0.287 e. The van der Waals surface area contributed by atoms with Crippen LogP contribution in [0.5, 0.6) is 0 Å². The third-order valence-electron chi connectivity index (χ3n) is 3.83. The maximum Gasteiger partial charge on any atom is 0.287 e. The van der Waals surface area contributed by atoms with Gasteiger partial charge in [-0.15, -0.1) is 0 Å². The minimum atomic E-state index is -0.275. The Morgan fingerprint density at radius 3 is 3.05 bits per heavy atom. The molecule has 114 valence electrons. The molecule has 0 spiro atoms. The Labute approximate surface area is 127 Å². The van der Waals surface area contributed by atoms with Crippen LogP contribution in [0.3, 0.4) is 0 Å². The van der Waals surface area contributed by atoms with Crippen molar-refractivity contribution in [3.05, 3.63) is 29.0 Å². The predicted molar refractivity (Wildman–Crippen MR) is 78.9 cm³/mol. The normalized spacial score (nSPS) is 13.3. The molecule has 3 rings (SSSR count). The number of aromatic nitrogens is 4. The van der Waals surface area contributed by atoms with E-state index in [0.29, 0.717) is 22.8 Å². The Hall–Kier alpha value is -2.82. The summed E-state index contributed by atoms with van der Waals surface area (Å²) in [5, 5.41) is 13.3. The van der Waals surface area contributed by atoms with E-state index in [4.69, 9.17) is 5.26 Å². The van der Waals surface area contributed by atoms with E-state index in [1.165, 1.54) is 4.68 Å². The summed E-state index contributed by atoms with van der Waals surface area (Å²) in [4.78, 5) is 16.6. The maximum atomic E-state index is 12.3. The van der Waals surface area contributed by atoms with Crippen molar-refractivity contribution in [1.82, 2.24) is 24.8 Å². The molecule has 1 aliphatic rings. The van der Waals surface area contributed by atoms with Crippen molar-refractivity contribution in [1.29, 1.82) is 5.26 Å². The van der Waals surface area contributed by atoms with Crippen LogP contribution in [0.1, 0.15) is 40.4 Å². The SMILES string of the molecule is Cc1nn(C)c(NNC(=O)c2cnc3n2CCCC3)c1C#N. The van der Waals surface area contributed by atoms with E-state index >= 15 is 0 Å². The quantitative estimate of drug-likeness (QED) is 0.820. The highest BCUT2D eigenvalue weighted by Crippen LogP contribution is 2.18. The molecule has 0 aromatic carbocycles. The topological polar surface area (TPSA) is 101 Å². The Kier molecular flexibility index (Phi) is 3.55. The first kappa shape index (κ1) is 14.1. The van der Waals surface area contributed by atoms with Crippen molar-refractivity contribution in [2.45, 2.75) is 32.7 Å². The van der Waals surface area contributed by atoms with Crippen molar-refractivity contribution in [2.24, 2.45) is 7.05 Å². The van der Waals surface area contributed by atoms with Crippen LogP contribution >= 0.6 is 0 Å². The lowest BCUT2D eigenvalue weighted by Crippen LogP contribution is -2.33. The molecule has 8 heteroatoms. The highest BCUT2D eigenvalue weighted by molar-refractivity contribution is 5.93. The van der Waals surface area contributed by atoms with Crippen LogP contribution < -0.4 is 10.9 Å². The first-order valence-corrected chi connectivity index (χ1v) is 7.16. The van der Waals surface area contributed by atoms with Gasteiger partial charge in [-0.05, 0) is 19.8 Å². The van der Waals surface area contributed by atoms with E-state index in [1.807, 2.05) is 4.57 Å². The molecule has 2 aromatic heterocycles. The number of carbonyl (C=O) groups excluding carboxylic acids is 1. The van der Waals surface area contributed by atoms with Gasteiger partial charge in [0.25, 0.3) is 5.91 Å². The molecule has 22 heavy (non-hydrogen) atoms. The molecule has 0 unspecified atom stereocenters. The molecule has 2 aromatic rings. The van der Waals surface area contributed by atoms with Crippen LogP contribution in [-0.2, 0) is 20.0 Å². The van der Waals surface area contributed by atoms with Gasteiger partial charge in [0, 0.05) is 20.0 Å². The monoisotopic (exact) mass is 299 g/mol. The fourth-order valence-corrected chi connectivity index (χ4v) is 2.71. The average molecular weight is 299 g/mol. The molecule has 0 aliphatic carbocycles. The first-order chi connectivity index (χ1) is 10.6. The summed E-state index contributed by atoms with van der Waals surface area (Å²) in [6.45, 7) is 2.56. The molecule has 0 saturated carbocycles. The molecule has 0 fully saturated rings. The number of anilines is 1. The number of fused-ring (bicyclic) bond motifs is 1. The zero-order valence-electron chi connectivity index (χ0n) is 12.6. The number of imidazole rings is 1. The van der Waals surface area contributed by atoms with Gasteiger partial charge in [-0.1, -0.05) is 0 Å². The van der Waals surface area contributed by atoms with Gasteiger partial charge >= 0.3 is 0 Å². The lowest BCUT2D eigenvalue weighted by atomic mass is 10.1. The number of amides is 1. The van der Waals surface area contributed by atoms with Gasteiger partial charge in [0.2, 0.25) is 0 Å². The summed E-state index contributed by atoms with van der Waals surface area (Å²) in [5.41, 5.74) is 6.96. The number of nitrogens with zero attached hydrogens (tertiary/aromatic N) is 5. The van der Waals surface area contributed by atoms with Crippen LogP contribution in [0.15, 0.2) is 6.20 Å². The minimum Gasteiger partial charge on any atom is -0.324 e. The summed E-state index contributed by atoms with van der Waals surface area (Å²) < 4.78 is 3.47. The van der Waals surface area contributed by atoms with Crippen molar-refractivity contribution in [2.75, 3.05) is 5.43 Å². The molecule has 1 amide bonds. The molecule has 2 N–H and O–H groups in total. The van der Waals surface area contributed by atoms with Crippen LogP contribution in [0.2, 0.25) is 0 Å². The molecule has 0 radical (unpaired) electrons. The van der Waals surface area contributed by atoms with Gasteiger partial charge in [-0.3, -0.25) is 20.3 Å². The number of hydrogen-bond acceptors (Lipinski definition) is 5. The molecule has 3 heterocycles. The largest absolute Gasteiger partial charge is 0.324 e. The van der Waals surface area contributed by atoms with Crippen molar-refractivity contribution in [3.8, 4) is 6.07 Å². The van der Waals surface area contributed by atoms with Gasteiger partial charge in [0.15, 0.2) is 5.82 Å². The third-order valence-corrected chi connectivity index (χ3v) is 3.83. The van der Waals surface area contributed by atoms with E-state index in [0.717, 1.165) is 31.6 Å². The van der Waals surface area contributed by atoms with Gasteiger partial charge in [0.05, 0.1) is 11.9 Å². The number of hydrogen-bond donors (Lipinski definition) is 2. The van der Waals surface area contributed by atoms with Gasteiger partial charge < -0.3 is 4.57 Å². The summed E-state index contributed by atoms with van der Waals surface area (Å²) in [6.07, 6.45) is 4.66. The Balaban J connectivity index is 1.76. The zero-order chi connectivity index (χ0) is 15.7. The van der Waals surface area contributed by atoms with Crippen LogP contribution in [0.25, 0.3) is 0 Å². The minimum absolute atomic E-state index is 0.275. The number of nitriles is 1. The Morgan fingerprint density at radius 1 is 1.45 bits per heavy atom. The van der Waals surface area contributed by atoms with Crippen molar-refractivity contribution in [3.63, 3.8) is 0 Å². The average Bonchev–Trinajstić information content (AvgIpc) is 3.05. The van der Waals surface area contributed by atoms with Crippen molar-refractivity contribution >= 4 is 11.7 Å². The molecule has 0 bridgehead atoms. The van der Waals surface area contributed by atoms with E-state index in [1.54, 1.807) is 20.2 Å². The molecule has 1 aliphatic heterocycles. The second-order valence-corrected chi connectivity index (χ2v) is 5.29. The molecular weight excluding hydrogens is 282 g/mol. The van der Waals surface area contributed by atoms with Gasteiger partial charge in [0.1, 0.15) is 23.2 Å². The number of hydrazine groups is 1. The fraction of sp³-hybridized carbons (Fsp3) is 0.429. The highest BCUT2D eigenvalue weighted by atomic mass is 16.2. The standard InChI is InChI=1S/C14H17N7O/c1-9-10(7-15)13(20(2)19-9)17-18-14(22)11-8-16-12-5-3-4-6-21(11)12/h8,17H,3-6H2,1-2H3,(H,18,22). The number of rotatable bonds is 3. The summed E-state index contributed by atoms with van der Waals surface area (Å²) in [7, 11) is 1.71.